The summed E-state index contributed by atoms with van der Waals surface area (Å²) in [6.45, 7) is 13.0. The van der Waals surface area contributed by atoms with E-state index >= 15 is 0 Å². The molecule has 0 aliphatic heterocycles. The van der Waals surface area contributed by atoms with Crippen molar-refractivity contribution in [2.75, 3.05) is 6.61 Å². The van der Waals surface area contributed by atoms with Crippen molar-refractivity contribution in [3.05, 3.63) is 60.7 Å². The average molecular weight is 439 g/mol. The molecular formula is C26H30O6. The number of carbonyl (C=O) groups is 2. The number of hydrogen-bond donors (Lipinski definition) is 1. The Morgan fingerprint density at radius 1 is 0.875 bits per heavy atom. The van der Waals surface area contributed by atoms with E-state index < -0.39 is 11.9 Å². The van der Waals surface area contributed by atoms with Crippen LogP contribution in [0.3, 0.4) is 0 Å². The summed E-state index contributed by atoms with van der Waals surface area (Å²) in [5, 5.41) is 10.1. The summed E-state index contributed by atoms with van der Waals surface area (Å²) >= 11 is 0. The maximum absolute atomic E-state index is 12.2. The molecule has 0 saturated heterocycles. The molecule has 0 radical (unpaired) electrons. The van der Waals surface area contributed by atoms with Crippen molar-refractivity contribution in [2.24, 2.45) is 0 Å². The molecule has 1 N–H and O–H groups in total. The summed E-state index contributed by atoms with van der Waals surface area (Å²) in [7, 11) is 0. The zero-order valence-corrected chi connectivity index (χ0v) is 18.9. The topological polar surface area (TPSA) is 82.1 Å². The van der Waals surface area contributed by atoms with Crippen molar-refractivity contribution < 1.29 is 28.9 Å². The molecule has 0 aliphatic rings. The first-order valence-electron chi connectivity index (χ1n) is 10.6. The minimum absolute atomic E-state index is 0.0241. The lowest BCUT2D eigenvalue weighted by Crippen LogP contribution is -2.10. The summed E-state index contributed by atoms with van der Waals surface area (Å²) in [5.74, 6) is -0.605. The molecule has 32 heavy (non-hydrogen) atoms. The highest BCUT2D eigenvalue weighted by molar-refractivity contribution is 5.91. The van der Waals surface area contributed by atoms with Gasteiger partial charge in [0.1, 0.15) is 11.5 Å². The minimum Gasteiger partial charge on any atom is -0.504 e. The van der Waals surface area contributed by atoms with E-state index in [-0.39, 0.29) is 28.4 Å². The van der Waals surface area contributed by atoms with Gasteiger partial charge in [-0.25, -0.2) is 9.59 Å². The number of esters is 2. The van der Waals surface area contributed by atoms with E-state index in [0.717, 1.165) is 25.7 Å². The Labute approximate surface area is 189 Å². The summed E-state index contributed by atoms with van der Waals surface area (Å²) in [6.07, 6.45) is 4.33. The molecule has 170 valence electrons. The molecule has 2 aromatic carbocycles. The van der Waals surface area contributed by atoms with Crippen molar-refractivity contribution in [2.45, 2.75) is 46.5 Å². The van der Waals surface area contributed by atoms with Gasteiger partial charge in [-0.2, -0.15) is 0 Å². The molecule has 0 atom stereocenters. The highest BCUT2D eigenvalue weighted by Crippen LogP contribution is 2.38. The van der Waals surface area contributed by atoms with Crippen molar-refractivity contribution in [3.63, 3.8) is 0 Å². The Kier molecular flexibility index (Phi) is 9.08. The maximum atomic E-state index is 12.2. The van der Waals surface area contributed by atoms with Crippen LogP contribution in [0.5, 0.6) is 23.0 Å². The molecule has 0 unspecified atom stereocenters. The fraction of sp³-hybridized carbons (Fsp3) is 0.308. The molecule has 0 amide bonds. The standard InChI is InChI=1S/C26H30O6/c1-6-7-8-9-14-30-20-11-12-21(23(16-20)31-25(28)17(2)3)19-10-13-22(27)24(15-19)32-26(29)18(4)5/h10-13,15-16,27H,2,4,6-9,14H2,1,3,5H3. The Bertz CT molecular complexity index is 1010. The SMILES string of the molecule is C=C(C)C(=O)Oc1cc(-c2ccc(OCCCCCC)cc2OC(=O)C(=C)C)ccc1O. The normalized spacial score (nSPS) is 10.3. The number of hydrogen-bond acceptors (Lipinski definition) is 6. The van der Waals surface area contributed by atoms with Gasteiger partial charge < -0.3 is 19.3 Å². The Morgan fingerprint density at radius 3 is 2.16 bits per heavy atom. The van der Waals surface area contributed by atoms with E-state index in [1.165, 1.54) is 19.1 Å². The molecule has 0 fully saturated rings. The second-order valence-corrected chi connectivity index (χ2v) is 7.59. The highest BCUT2D eigenvalue weighted by Gasteiger charge is 2.16. The number of phenols is 1. The van der Waals surface area contributed by atoms with Crippen LogP contribution in [0, 0.1) is 0 Å². The minimum atomic E-state index is -0.654. The van der Waals surface area contributed by atoms with Gasteiger partial charge >= 0.3 is 11.9 Å². The lowest BCUT2D eigenvalue weighted by Gasteiger charge is -2.14. The van der Waals surface area contributed by atoms with Crippen LogP contribution in [0.15, 0.2) is 60.7 Å². The van der Waals surface area contributed by atoms with Gasteiger partial charge in [0.15, 0.2) is 11.5 Å². The predicted molar refractivity (Wildman–Crippen MR) is 124 cm³/mol. The average Bonchev–Trinajstić information content (AvgIpc) is 2.75. The van der Waals surface area contributed by atoms with Gasteiger partial charge in [0.2, 0.25) is 0 Å². The van der Waals surface area contributed by atoms with Crippen molar-refractivity contribution in [3.8, 4) is 34.1 Å². The summed E-state index contributed by atoms with van der Waals surface area (Å²) in [4.78, 5) is 24.1. The molecule has 0 heterocycles. The number of unbranched alkanes of at least 4 members (excludes halogenated alkanes) is 3. The summed E-state index contributed by atoms with van der Waals surface area (Å²) in [5.41, 5.74) is 1.59. The number of rotatable bonds is 11. The van der Waals surface area contributed by atoms with Crippen LogP contribution in [-0.2, 0) is 9.59 Å². The first kappa shape index (κ1) is 24.7. The summed E-state index contributed by atoms with van der Waals surface area (Å²) < 4.78 is 16.6. The summed E-state index contributed by atoms with van der Waals surface area (Å²) in [6, 6.07) is 9.70. The number of aromatic hydroxyl groups is 1. The van der Waals surface area contributed by atoms with Gasteiger partial charge in [-0.15, -0.1) is 0 Å². The highest BCUT2D eigenvalue weighted by atomic mass is 16.5. The van der Waals surface area contributed by atoms with Crippen LogP contribution in [0.4, 0.5) is 0 Å². The Hall–Kier alpha value is -3.54. The third-order valence-electron chi connectivity index (χ3n) is 4.59. The zero-order chi connectivity index (χ0) is 23.7. The monoisotopic (exact) mass is 438 g/mol. The fourth-order valence-electron chi connectivity index (χ4n) is 2.77. The van der Waals surface area contributed by atoms with Crippen LogP contribution in [-0.4, -0.2) is 23.7 Å². The second-order valence-electron chi connectivity index (χ2n) is 7.59. The zero-order valence-electron chi connectivity index (χ0n) is 18.9. The van der Waals surface area contributed by atoms with Crippen molar-refractivity contribution in [1.82, 2.24) is 0 Å². The third-order valence-corrected chi connectivity index (χ3v) is 4.59. The lowest BCUT2D eigenvalue weighted by atomic mass is 10.0. The first-order chi connectivity index (χ1) is 15.2. The second kappa shape index (κ2) is 11.7. The maximum Gasteiger partial charge on any atom is 0.338 e. The number of ether oxygens (including phenoxy) is 3. The third kappa shape index (κ3) is 7.01. The van der Waals surface area contributed by atoms with E-state index in [4.69, 9.17) is 14.2 Å². The Balaban J connectivity index is 2.36. The van der Waals surface area contributed by atoms with Crippen molar-refractivity contribution in [1.29, 1.82) is 0 Å². The van der Waals surface area contributed by atoms with Gasteiger partial charge in [-0.3, -0.25) is 0 Å². The van der Waals surface area contributed by atoms with Gasteiger partial charge in [0.25, 0.3) is 0 Å². The van der Waals surface area contributed by atoms with Crippen LogP contribution >= 0.6 is 0 Å². The number of benzene rings is 2. The van der Waals surface area contributed by atoms with Crippen LogP contribution < -0.4 is 14.2 Å². The van der Waals surface area contributed by atoms with Crippen LogP contribution in [0.25, 0.3) is 11.1 Å². The van der Waals surface area contributed by atoms with E-state index in [2.05, 4.69) is 20.1 Å². The molecule has 0 bridgehead atoms. The van der Waals surface area contributed by atoms with E-state index in [1.54, 1.807) is 31.2 Å². The molecule has 0 aliphatic carbocycles. The van der Waals surface area contributed by atoms with Gasteiger partial charge in [0.05, 0.1) is 6.61 Å². The quantitative estimate of drug-likeness (QED) is 0.201. The van der Waals surface area contributed by atoms with Crippen LogP contribution in [0.2, 0.25) is 0 Å². The molecule has 0 saturated carbocycles. The van der Waals surface area contributed by atoms with E-state index in [1.807, 2.05) is 0 Å². The van der Waals surface area contributed by atoms with Crippen LogP contribution in [0.1, 0.15) is 46.5 Å². The van der Waals surface area contributed by atoms with Crippen molar-refractivity contribution >= 4 is 11.9 Å². The molecule has 0 aromatic heterocycles. The first-order valence-corrected chi connectivity index (χ1v) is 10.6. The van der Waals surface area contributed by atoms with Gasteiger partial charge in [-0.05, 0) is 50.1 Å². The fourth-order valence-corrected chi connectivity index (χ4v) is 2.77. The number of phenolic OH excluding ortho intramolecular Hbond substituents is 1. The molecule has 2 aromatic rings. The number of carbonyl (C=O) groups excluding carboxylic acids is 2. The lowest BCUT2D eigenvalue weighted by molar-refractivity contribution is -0.130. The van der Waals surface area contributed by atoms with E-state index in [0.29, 0.717) is 23.5 Å². The molecule has 6 heteroatoms. The van der Waals surface area contributed by atoms with E-state index in [9.17, 15) is 14.7 Å². The smallest absolute Gasteiger partial charge is 0.338 e. The molecular weight excluding hydrogens is 408 g/mol. The predicted octanol–water partition coefficient (Wildman–Crippen LogP) is 5.98. The van der Waals surface area contributed by atoms with Gasteiger partial charge in [0, 0.05) is 22.8 Å². The van der Waals surface area contributed by atoms with Gasteiger partial charge in [-0.1, -0.05) is 45.4 Å². The molecule has 2 rings (SSSR count). The molecule has 6 nitrogen and oxygen atoms in total. The Morgan fingerprint density at radius 2 is 1.53 bits per heavy atom. The molecule has 0 spiro atoms. The largest absolute Gasteiger partial charge is 0.504 e.